The molecule has 0 radical (unpaired) electrons. The smallest absolute Gasteiger partial charge is 0.326 e. The Bertz CT molecular complexity index is 1770. The number of amides is 3. The maximum Gasteiger partial charge on any atom is 0.326 e. The fourth-order valence-corrected chi connectivity index (χ4v) is 7.43. The van der Waals surface area contributed by atoms with Crippen LogP contribution in [0, 0.1) is 0 Å². The number of carbonyl (C=O) groups excluding carboxylic acids is 4. The summed E-state index contributed by atoms with van der Waals surface area (Å²) in [6.07, 6.45) is 4.60. The van der Waals surface area contributed by atoms with Gasteiger partial charge in [-0.05, 0) is 33.0 Å². The summed E-state index contributed by atoms with van der Waals surface area (Å²) in [6, 6.07) is 0. The van der Waals surface area contributed by atoms with Crippen LogP contribution in [0.25, 0.3) is 0 Å². The van der Waals surface area contributed by atoms with E-state index in [4.69, 9.17) is 29.5 Å². The number of aliphatic hydroxyl groups is 3. The molecule has 3 fully saturated rings. The molecule has 28 nitrogen and oxygen atoms in total. The van der Waals surface area contributed by atoms with Crippen molar-refractivity contribution in [1.82, 2.24) is 48.6 Å². The molecule has 0 saturated carbocycles. The van der Waals surface area contributed by atoms with Crippen molar-refractivity contribution in [2.75, 3.05) is 234 Å². The first-order valence-corrected chi connectivity index (χ1v) is 31.3. The average molecular weight is 1280 g/mol. The van der Waals surface area contributed by atoms with Crippen molar-refractivity contribution in [2.45, 2.75) is 25.7 Å². The summed E-state index contributed by atoms with van der Waals surface area (Å²) in [5.74, 6) is -0.858. The third-order valence-electron chi connectivity index (χ3n) is 11.2. The summed E-state index contributed by atoms with van der Waals surface area (Å²) in [5.41, 5.74) is 0. The van der Waals surface area contributed by atoms with E-state index in [2.05, 4.69) is 102 Å². The average Bonchev–Trinajstić information content (AvgIpc) is 3.79. The highest BCUT2D eigenvalue weighted by molar-refractivity contribution is 8.16. The lowest BCUT2D eigenvalue weighted by molar-refractivity contribution is -0.149. The summed E-state index contributed by atoms with van der Waals surface area (Å²) in [5, 5.41) is 25.4. The monoisotopic (exact) mass is 1280 g/mol. The van der Waals surface area contributed by atoms with Crippen molar-refractivity contribution in [2.24, 2.45) is 0 Å². The van der Waals surface area contributed by atoms with Crippen LogP contribution in [-0.2, 0) is 71.5 Å². The van der Waals surface area contributed by atoms with E-state index in [9.17, 15) is 36.0 Å². The molecule has 6 N–H and O–H groups in total. The van der Waals surface area contributed by atoms with Crippen LogP contribution in [0.3, 0.4) is 0 Å². The second-order valence-electron chi connectivity index (χ2n) is 17.1. The number of hydrogen-bond donors (Lipinski definition) is 8. The van der Waals surface area contributed by atoms with Crippen LogP contribution >= 0.6 is 36.3 Å². The Hall–Kier alpha value is -2.49. The number of methoxy groups -OCH3 is 6. The highest BCUT2D eigenvalue weighted by atomic mass is 35.7. The van der Waals surface area contributed by atoms with Crippen molar-refractivity contribution in [1.29, 1.82) is 0 Å². The summed E-state index contributed by atoms with van der Waals surface area (Å²) in [6.45, 7) is 27.4. The molecule has 0 atom stereocenters. The third kappa shape index (κ3) is 55.4. The molecule has 0 aromatic rings. The number of nitrogens with zero attached hydrogens (tertiary/aromatic N) is 7. The number of rotatable bonds is 30. The van der Waals surface area contributed by atoms with Crippen LogP contribution in [0.2, 0.25) is 0 Å². The number of piperazine rings is 3. The third-order valence-corrected chi connectivity index (χ3v) is 13.1. The summed E-state index contributed by atoms with van der Waals surface area (Å²) < 4.78 is 75.0. The van der Waals surface area contributed by atoms with Crippen LogP contribution in [0.4, 0.5) is 0 Å². The minimum Gasteiger partial charge on any atom is -0.394 e. The largest absolute Gasteiger partial charge is 0.394 e. The zero-order valence-electron chi connectivity index (χ0n) is 49.5. The Labute approximate surface area is 505 Å². The van der Waals surface area contributed by atoms with E-state index in [-0.39, 0.29) is 50.4 Å². The molecule has 82 heavy (non-hydrogen) atoms. The van der Waals surface area contributed by atoms with Gasteiger partial charge in [0.05, 0.1) is 65.9 Å². The van der Waals surface area contributed by atoms with Gasteiger partial charge in [0, 0.05) is 194 Å². The van der Waals surface area contributed by atoms with Crippen molar-refractivity contribution >= 4 is 79.1 Å². The summed E-state index contributed by atoms with van der Waals surface area (Å²) in [4.78, 5) is 67.1. The van der Waals surface area contributed by atoms with Gasteiger partial charge in [-0.3, -0.25) is 43.5 Å². The Kier molecular flexibility index (Phi) is 63.1. The number of nitrogens with one attached hydrogen (secondary N) is 3. The second kappa shape index (κ2) is 60.2. The molecule has 3 saturated heterocycles. The predicted octanol–water partition coefficient (Wildman–Crippen LogP) is -1.66. The number of hydrogen-bond acceptors (Lipinski definition) is 27. The van der Waals surface area contributed by atoms with Gasteiger partial charge in [0.15, 0.2) is 0 Å². The topological polar surface area (TPSA) is 321 Å². The first kappa shape index (κ1) is 86.0. The lowest BCUT2D eigenvalue weighted by atomic mass is 10.2. The fourth-order valence-electron chi connectivity index (χ4n) is 6.78. The molecule has 0 bridgehead atoms. The maximum absolute atomic E-state index is 11.9. The van der Waals surface area contributed by atoms with Crippen LogP contribution < -0.4 is 14.3 Å². The molecular formula is C49H101ClN10O18S4. The van der Waals surface area contributed by atoms with E-state index >= 15 is 0 Å². The molecule has 4 rings (SSSR count). The van der Waals surface area contributed by atoms with Gasteiger partial charge in [-0.25, -0.2) is 21.6 Å². The standard InChI is InChI=1S/C14H23N3O3.C12H25N3O3S.C11H21N3O4S.3C3H8O2.C2H3ClO2S.CH5NS/c1-20-12-11-16-9-7-15(8-10-16)5-2-6-17-13(18)3-4-14(17)19;1-3-19(16,17)13-5-4-6-14-7-9-15(10-8-14)11-12-18-2;1-17-9-8-13-4-6-14(7-5-13)10(15)2-3-11(16)18-12-19;3*1-5-3-2-4;1-2-6(3,4)5;1-2-3/h3-4H,2,5-12H2,1H3;3,13H,1,4-12H2,2H3;12,19H,2-9H2,1H3;3*4H,2-3H2,1H3;2H,1H2;2-3H,1H3. The Morgan fingerprint density at radius 2 is 0.902 bits per heavy atom. The SMILES string of the molecule is C=CS(=O)(=O)Cl.C=CS(=O)(=O)NCCCN1CCN(CCOC)CC1.CNS.COCCN1CCN(C(=O)CCC(=O)ONS)CC1.COCCN1CCN(CCCN2C(=O)C=CC2=O)CC1.COCCO.COCCO.COCCO. The number of thiol groups is 2. The highest BCUT2D eigenvalue weighted by Gasteiger charge is 2.24. The lowest BCUT2D eigenvalue weighted by Crippen LogP contribution is -2.49. The molecule has 486 valence electrons. The van der Waals surface area contributed by atoms with Gasteiger partial charge < -0.3 is 63.3 Å². The number of aliphatic hydroxyl groups excluding tert-OH is 3. The normalized spacial score (nSPS) is 15.8. The number of carbonyl (C=O) groups is 4. The molecule has 4 heterocycles. The van der Waals surface area contributed by atoms with Crippen LogP contribution in [-0.4, -0.2) is 324 Å². The van der Waals surface area contributed by atoms with Gasteiger partial charge in [-0.15, -0.1) is 0 Å². The Morgan fingerprint density at radius 3 is 1.20 bits per heavy atom. The minimum absolute atomic E-state index is 0.0116. The van der Waals surface area contributed by atoms with Crippen LogP contribution in [0.5, 0.6) is 0 Å². The van der Waals surface area contributed by atoms with E-state index in [1.54, 1.807) is 54.6 Å². The maximum atomic E-state index is 11.9. The molecule has 0 spiro atoms. The minimum atomic E-state index is -3.43. The van der Waals surface area contributed by atoms with Crippen molar-refractivity contribution < 1.29 is 84.6 Å². The molecule has 3 amide bonds. The van der Waals surface area contributed by atoms with Crippen molar-refractivity contribution in [3.63, 3.8) is 0 Å². The van der Waals surface area contributed by atoms with E-state index in [1.165, 1.54) is 17.1 Å². The Morgan fingerprint density at radius 1 is 0.573 bits per heavy atom. The number of sulfonamides is 1. The van der Waals surface area contributed by atoms with Gasteiger partial charge in [0.25, 0.3) is 20.9 Å². The number of imide groups is 1. The molecule has 4 aliphatic heterocycles. The first-order valence-electron chi connectivity index (χ1n) is 26.4. The van der Waals surface area contributed by atoms with Crippen LogP contribution in [0.1, 0.15) is 25.7 Å². The quantitative estimate of drug-likeness (QED) is 0.0131. The van der Waals surface area contributed by atoms with Crippen molar-refractivity contribution in [3.05, 3.63) is 36.1 Å². The van der Waals surface area contributed by atoms with Gasteiger partial charge in [0.2, 0.25) is 15.9 Å². The Balaban J connectivity index is -0.000000464. The van der Waals surface area contributed by atoms with Crippen LogP contribution in [0.15, 0.2) is 36.1 Å². The summed E-state index contributed by atoms with van der Waals surface area (Å²) >= 11 is 7.08. The first-order chi connectivity index (χ1) is 39.2. The zero-order valence-corrected chi connectivity index (χ0v) is 53.7. The highest BCUT2D eigenvalue weighted by Crippen LogP contribution is 2.08. The lowest BCUT2D eigenvalue weighted by Gasteiger charge is -2.34. The number of ether oxygens (including phenoxy) is 6. The van der Waals surface area contributed by atoms with E-state index in [1.807, 2.05) is 4.89 Å². The van der Waals surface area contributed by atoms with Crippen molar-refractivity contribution in [3.8, 4) is 0 Å². The second-order valence-corrected chi connectivity index (χ2v) is 22.0. The van der Waals surface area contributed by atoms with Gasteiger partial charge >= 0.3 is 5.97 Å². The summed E-state index contributed by atoms with van der Waals surface area (Å²) in [7, 11) is 9.40. The van der Waals surface area contributed by atoms with Gasteiger partial charge in [0.1, 0.15) is 0 Å². The zero-order chi connectivity index (χ0) is 62.9. The van der Waals surface area contributed by atoms with E-state index in [0.717, 1.165) is 130 Å². The van der Waals surface area contributed by atoms with E-state index < -0.39 is 25.0 Å². The molecule has 0 aromatic carbocycles. The van der Waals surface area contributed by atoms with E-state index in [0.29, 0.717) is 58.0 Å². The number of halogens is 1. The molecule has 4 aliphatic rings. The molecule has 0 aliphatic carbocycles. The molecule has 0 unspecified atom stereocenters. The van der Waals surface area contributed by atoms with Gasteiger partial charge in [-0.1, -0.05) is 43.7 Å². The predicted molar refractivity (Wildman–Crippen MR) is 324 cm³/mol. The molecular weight excluding hydrogens is 1180 g/mol. The molecule has 33 heteroatoms. The van der Waals surface area contributed by atoms with Gasteiger partial charge in [-0.2, -0.15) is 0 Å². The fraction of sp³-hybridized carbons (Fsp3) is 0.796. The molecule has 0 aromatic heterocycles.